The van der Waals surface area contributed by atoms with Crippen molar-refractivity contribution in [2.75, 3.05) is 0 Å². The summed E-state index contributed by atoms with van der Waals surface area (Å²) >= 11 is 0. The van der Waals surface area contributed by atoms with Crippen LogP contribution in [-0.2, 0) is 4.74 Å². The lowest BCUT2D eigenvalue weighted by Crippen LogP contribution is -2.49. The summed E-state index contributed by atoms with van der Waals surface area (Å²) in [6, 6.07) is 0. The molecular weight excluding hydrogens is 260 g/mol. The topological polar surface area (TPSA) is 29.5 Å². The predicted octanol–water partition coefficient (Wildman–Crippen LogP) is 4.75. The normalized spacial score (nSPS) is 42.7. The molecule has 0 aliphatic heterocycles. The van der Waals surface area contributed by atoms with Crippen molar-refractivity contribution in [1.82, 2.24) is 0 Å². The minimum atomic E-state index is -0.517. The van der Waals surface area contributed by atoms with Crippen molar-refractivity contribution in [3.8, 4) is 0 Å². The van der Waals surface area contributed by atoms with Crippen LogP contribution in [0.25, 0.3) is 0 Å². The molecule has 0 saturated heterocycles. The summed E-state index contributed by atoms with van der Waals surface area (Å²) in [5, 5.41) is 10.8. The second kappa shape index (κ2) is 7.00. The van der Waals surface area contributed by atoms with E-state index in [1.54, 1.807) is 0 Å². The van der Waals surface area contributed by atoms with E-state index in [0.29, 0.717) is 5.92 Å². The molecule has 0 aromatic rings. The zero-order valence-electron chi connectivity index (χ0n) is 14.0. The van der Waals surface area contributed by atoms with Crippen molar-refractivity contribution < 1.29 is 9.84 Å². The molecule has 3 aliphatic carbocycles. The lowest BCUT2D eigenvalue weighted by atomic mass is 9.54. The molecule has 0 spiro atoms. The highest BCUT2D eigenvalue weighted by Crippen LogP contribution is 2.54. The first-order valence-corrected chi connectivity index (χ1v) is 9.54. The zero-order chi connectivity index (χ0) is 14.8. The van der Waals surface area contributed by atoms with Gasteiger partial charge in [-0.1, -0.05) is 45.4 Å². The lowest BCUT2D eigenvalue weighted by molar-refractivity contribution is -0.210. The Kier molecular flexibility index (Phi) is 5.27. The number of hydrogen-bond donors (Lipinski definition) is 1. The summed E-state index contributed by atoms with van der Waals surface area (Å²) in [5.41, 5.74) is 0. The molecule has 3 rings (SSSR count). The Hall–Kier alpha value is -0.0800. The number of hydrogen-bond acceptors (Lipinski definition) is 2. The van der Waals surface area contributed by atoms with E-state index in [9.17, 15) is 5.11 Å². The minimum Gasteiger partial charge on any atom is -0.368 e. The average Bonchev–Trinajstić information content (AvgIpc) is 2.52. The van der Waals surface area contributed by atoms with Crippen LogP contribution < -0.4 is 0 Å². The zero-order valence-corrected chi connectivity index (χ0v) is 14.0. The smallest absolute Gasteiger partial charge is 0.158 e. The molecule has 2 heteroatoms. The molecule has 0 aromatic heterocycles. The Labute approximate surface area is 130 Å². The third-order valence-electron chi connectivity index (χ3n) is 6.81. The van der Waals surface area contributed by atoms with Gasteiger partial charge >= 0.3 is 0 Å². The molecule has 5 unspecified atom stereocenters. The molecule has 2 nitrogen and oxygen atoms in total. The maximum atomic E-state index is 10.8. The predicted molar refractivity (Wildman–Crippen MR) is 85.8 cm³/mol. The first-order valence-electron chi connectivity index (χ1n) is 9.54. The summed E-state index contributed by atoms with van der Waals surface area (Å²) in [7, 11) is 0. The number of fused-ring (bicyclic) bond motifs is 2. The van der Waals surface area contributed by atoms with Gasteiger partial charge in [-0.25, -0.2) is 0 Å². The average molecular weight is 294 g/mol. The SMILES string of the molecule is CC[C@H](C)OC(O)C1C2CCCCC2CC2CCCCC21. The molecule has 3 fully saturated rings. The van der Waals surface area contributed by atoms with Crippen molar-refractivity contribution in [3.05, 3.63) is 0 Å². The largest absolute Gasteiger partial charge is 0.368 e. The maximum absolute atomic E-state index is 10.8. The van der Waals surface area contributed by atoms with Crippen LogP contribution in [0.4, 0.5) is 0 Å². The van der Waals surface area contributed by atoms with Gasteiger partial charge < -0.3 is 9.84 Å². The van der Waals surface area contributed by atoms with E-state index in [2.05, 4.69) is 13.8 Å². The summed E-state index contributed by atoms with van der Waals surface area (Å²) in [6.45, 7) is 4.24. The summed E-state index contributed by atoms with van der Waals surface area (Å²) in [6.07, 6.45) is 13.1. The molecule has 0 heterocycles. The van der Waals surface area contributed by atoms with Crippen LogP contribution in [0.5, 0.6) is 0 Å². The van der Waals surface area contributed by atoms with Crippen LogP contribution in [0.2, 0.25) is 0 Å². The monoisotopic (exact) mass is 294 g/mol. The number of ether oxygens (including phenoxy) is 1. The highest BCUT2D eigenvalue weighted by molar-refractivity contribution is 4.96. The minimum absolute atomic E-state index is 0.186. The van der Waals surface area contributed by atoms with Crippen LogP contribution in [0.3, 0.4) is 0 Å². The van der Waals surface area contributed by atoms with Crippen LogP contribution in [-0.4, -0.2) is 17.5 Å². The van der Waals surface area contributed by atoms with Crippen molar-refractivity contribution >= 4 is 0 Å². The fourth-order valence-electron chi connectivity index (χ4n) is 5.63. The molecule has 3 aliphatic rings. The van der Waals surface area contributed by atoms with Crippen LogP contribution in [0.15, 0.2) is 0 Å². The molecule has 3 saturated carbocycles. The van der Waals surface area contributed by atoms with Crippen molar-refractivity contribution in [1.29, 1.82) is 0 Å². The second-order valence-corrected chi connectivity index (χ2v) is 7.98. The first-order chi connectivity index (χ1) is 10.2. The molecule has 122 valence electrons. The van der Waals surface area contributed by atoms with Crippen LogP contribution in [0, 0.1) is 29.6 Å². The third-order valence-corrected chi connectivity index (χ3v) is 6.81. The van der Waals surface area contributed by atoms with Gasteiger partial charge in [0.15, 0.2) is 6.29 Å². The Bertz CT molecular complexity index is 308. The van der Waals surface area contributed by atoms with Crippen LogP contribution in [0.1, 0.15) is 78.1 Å². The molecule has 6 atom stereocenters. The molecule has 0 bridgehead atoms. The lowest BCUT2D eigenvalue weighted by Gasteiger charge is -2.52. The van der Waals surface area contributed by atoms with Crippen molar-refractivity contribution in [2.24, 2.45) is 29.6 Å². The van der Waals surface area contributed by atoms with E-state index in [4.69, 9.17) is 4.74 Å². The van der Waals surface area contributed by atoms with E-state index < -0.39 is 6.29 Å². The van der Waals surface area contributed by atoms with Gasteiger partial charge in [0.05, 0.1) is 6.10 Å². The fraction of sp³-hybridized carbons (Fsp3) is 1.00. The molecule has 0 radical (unpaired) electrons. The van der Waals surface area contributed by atoms with Gasteiger partial charge in [-0.15, -0.1) is 0 Å². The van der Waals surface area contributed by atoms with Gasteiger partial charge in [-0.05, 0) is 56.3 Å². The summed E-state index contributed by atoms with van der Waals surface area (Å²) < 4.78 is 5.99. The van der Waals surface area contributed by atoms with E-state index in [1.165, 1.54) is 57.8 Å². The molecule has 0 amide bonds. The van der Waals surface area contributed by atoms with Crippen molar-refractivity contribution in [2.45, 2.75) is 90.4 Å². The van der Waals surface area contributed by atoms with E-state index in [-0.39, 0.29) is 6.10 Å². The molecular formula is C19H34O2. The van der Waals surface area contributed by atoms with Gasteiger partial charge in [-0.3, -0.25) is 0 Å². The van der Waals surface area contributed by atoms with Gasteiger partial charge in [0, 0.05) is 5.92 Å². The highest BCUT2D eigenvalue weighted by atomic mass is 16.6. The molecule has 0 aromatic carbocycles. The fourth-order valence-corrected chi connectivity index (χ4v) is 5.63. The summed E-state index contributed by atoms with van der Waals surface area (Å²) in [4.78, 5) is 0. The van der Waals surface area contributed by atoms with Crippen molar-refractivity contribution in [3.63, 3.8) is 0 Å². The number of rotatable bonds is 4. The first kappa shape index (κ1) is 15.8. The second-order valence-electron chi connectivity index (χ2n) is 7.98. The van der Waals surface area contributed by atoms with Gasteiger partial charge in [0.2, 0.25) is 0 Å². The van der Waals surface area contributed by atoms with Gasteiger partial charge in [0.25, 0.3) is 0 Å². The molecule has 21 heavy (non-hydrogen) atoms. The van der Waals surface area contributed by atoms with Gasteiger partial charge in [0.1, 0.15) is 0 Å². The number of aliphatic hydroxyl groups excluding tert-OH is 1. The summed E-state index contributed by atoms with van der Waals surface area (Å²) in [5.74, 6) is 3.63. The van der Waals surface area contributed by atoms with E-state index >= 15 is 0 Å². The molecule has 1 N–H and O–H groups in total. The van der Waals surface area contributed by atoms with E-state index in [1.807, 2.05) is 0 Å². The standard InChI is InChI=1S/C19H34O2/c1-3-13(2)21-19(20)18-16-10-6-4-8-14(16)12-15-9-5-7-11-17(15)18/h13-20H,3-12H2,1-2H3/t13-,14?,15?,16?,17?,18?,19?/m0/s1. The third kappa shape index (κ3) is 3.32. The number of aliphatic hydroxyl groups is 1. The maximum Gasteiger partial charge on any atom is 0.158 e. The van der Waals surface area contributed by atoms with Crippen LogP contribution >= 0.6 is 0 Å². The van der Waals surface area contributed by atoms with E-state index in [0.717, 1.165) is 30.1 Å². The quantitative estimate of drug-likeness (QED) is 0.758. The Morgan fingerprint density at radius 1 is 0.952 bits per heavy atom. The van der Waals surface area contributed by atoms with Gasteiger partial charge in [-0.2, -0.15) is 0 Å². The Morgan fingerprint density at radius 2 is 1.48 bits per heavy atom. The Morgan fingerprint density at radius 3 is 2.00 bits per heavy atom. The Balaban J connectivity index is 1.77. The highest BCUT2D eigenvalue weighted by Gasteiger charge is 2.48.